The Morgan fingerprint density at radius 3 is 2.84 bits per heavy atom. The van der Waals surface area contributed by atoms with Crippen LogP contribution >= 0.6 is 11.3 Å². The Kier molecular flexibility index (Phi) is 3.56. The van der Waals surface area contributed by atoms with E-state index in [1.165, 1.54) is 6.20 Å². The third-order valence-electron chi connectivity index (χ3n) is 2.59. The maximum atomic E-state index is 12.3. The third-order valence-corrected chi connectivity index (χ3v) is 5.79. The zero-order chi connectivity index (χ0) is 14.2. The van der Waals surface area contributed by atoms with E-state index in [1.54, 1.807) is 6.92 Å². The van der Waals surface area contributed by atoms with Gasteiger partial charge < -0.3 is 10.4 Å². The lowest BCUT2D eigenvalue weighted by Gasteiger charge is -2.31. The fourth-order valence-electron chi connectivity index (χ4n) is 1.66. The van der Waals surface area contributed by atoms with Crippen LogP contribution in [0.1, 0.15) is 5.01 Å². The number of hydrogen-bond donors (Lipinski definition) is 2. The molecule has 10 heteroatoms. The molecule has 0 radical (unpaired) electrons. The monoisotopic (exact) mass is 305 g/mol. The predicted octanol–water partition coefficient (Wildman–Crippen LogP) is -0.975. The van der Waals surface area contributed by atoms with Gasteiger partial charge in [-0.1, -0.05) is 0 Å². The van der Waals surface area contributed by atoms with Crippen molar-refractivity contribution in [3.8, 4) is 0 Å². The van der Waals surface area contributed by atoms with Gasteiger partial charge in [-0.3, -0.25) is 9.59 Å². The zero-order valence-corrected chi connectivity index (χ0v) is 11.5. The summed E-state index contributed by atoms with van der Waals surface area (Å²) in [5, 5.41) is 11.9. The number of hydrogen-bond acceptors (Lipinski definition) is 6. The molecule has 2 rings (SSSR count). The Balaban J connectivity index is 2.41. The first-order valence-corrected chi connectivity index (χ1v) is 7.52. The van der Waals surface area contributed by atoms with Crippen molar-refractivity contribution in [2.45, 2.75) is 17.2 Å². The summed E-state index contributed by atoms with van der Waals surface area (Å²) in [7, 11) is -4.02. The highest BCUT2D eigenvalue weighted by molar-refractivity contribution is 7.91. The zero-order valence-electron chi connectivity index (χ0n) is 9.86. The molecule has 2 N–H and O–H groups in total. The molecule has 2 heterocycles. The van der Waals surface area contributed by atoms with Crippen LogP contribution in [-0.4, -0.2) is 53.8 Å². The molecule has 1 atom stereocenters. The highest BCUT2D eigenvalue weighted by Gasteiger charge is 2.41. The summed E-state index contributed by atoms with van der Waals surface area (Å²) in [6, 6.07) is -1.30. The quantitative estimate of drug-likeness (QED) is 0.742. The summed E-state index contributed by atoms with van der Waals surface area (Å²) in [6.45, 7) is 0.892. The lowest BCUT2D eigenvalue weighted by molar-refractivity contribution is -0.143. The van der Waals surface area contributed by atoms with Crippen LogP contribution in [0, 0.1) is 6.92 Å². The third kappa shape index (κ3) is 2.60. The average molecular weight is 305 g/mol. The van der Waals surface area contributed by atoms with E-state index in [9.17, 15) is 18.0 Å². The normalized spacial score (nSPS) is 21.1. The highest BCUT2D eigenvalue weighted by Crippen LogP contribution is 2.24. The number of carbonyl (C=O) groups excluding carboxylic acids is 1. The van der Waals surface area contributed by atoms with E-state index in [0.717, 1.165) is 11.3 Å². The van der Waals surface area contributed by atoms with Gasteiger partial charge in [-0.15, -0.1) is 11.3 Å². The molecular formula is C9H11N3O5S2. The first-order valence-electron chi connectivity index (χ1n) is 5.26. The molecule has 1 fully saturated rings. The van der Waals surface area contributed by atoms with Crippen molar-refractivity contribution in [3.05, 3.63) is 11.2 Å². The summed E-state index contributed by atoms with van der Waals surface area (Å²) in [4.78, 5) is 26.2. The summed E-state index contributed by atoms with van der Waals surface area (Å²) >= 11 is 0.938. The number of aromatic nitrogens is 1. The lowest BCUT2D eigenvalue weighted by Crippen LogP contribution is -2.59. The second kappa shape index (κ2) is 4.87. The number of carbonyl (C=O) groups is 2. The van der Waals surface area contributed by atoms with Crippen LogP contribution < -0.4 is 5.32 Å². The van der Waals surface area contributed by atoms with Crippen molar-refractivity contribution in [1.29, 1.82) is 0 Å². The number of thiazole rings is 1. The molecule has 19 heavy (non-hydrogen) atoms. The van der Waals surface area contributed by atoms with Gasteiger partial charge in [0.2, 0.25) is 5.91 Å². The largest absolute Gasteiger partial charge is 0.480 e. The number of sulfonamides is 1. The van der Waals surface area contributed by atoms with Gasteiger partial charge in [0, 0.05) is 6.54 Å². The highest BCUT2D eigenvalue weighted by atomic mass is 32.2. The number of amides is 1. The average Bonchev–Trinajstić information content (AvgIpc) is 2.76. The summed E-state index contributed by atoms with van der Waals surface area (Å²) in [5.41, 5.74) is 0. The van der Waals surface area contributed by atoms with Crippen LogP contribution in [0.5, 0.6) is 0 Å². The number of aryl methyl sites for hydroxylation is 1. The van der Waals surface area contributed by atoms with Crippen LogP contribution in [0.4, 0.5) is 0 Å². The summed E-state index contributed by atoms with van der Waals surface area (Å²) < 4.78 is 25.3. The van der Waals surface area contributed by atoms with Crippen molar-refractivity contribution in [1.82, 2.24) is 14.6 Å². The van der Waals surface area contributed by atoms with Crippen molar-refractivity contribution in [2.75, 3.05) is 13.1 Å². The second-order valence-electron chi connectivity index (χ2n) is 3.91. The fraction of sp³-hybridized carbons (Fsp3) is 0.444. The fourth-order valence-corrected chi connectivity index (χ4v) is 4.44. The van der Waals surface area contributed by atoms with Crippen molar-refractivity contribution in [2.24, 2.45) is 0 Å². The van der Waals surface area contributed by atoms with E-state index in [1.807, 2.05) is 0 Å². The summed E-state index contributed by atoms with van der Waals surface area (Å²) in [6.07, 6.45) is 1.17. The standard InChI is InChI=1S/C9H11N3O5S2/c1-5-10-3-8(18-5)19(16,17)12-4-7(13)11-2-6(12)9(14)15/h3,6H,2,4H2,1H3,(H,11,13)(H,14,15). The molecule has 1 saturated heterocycles. The SMILES string of the molecule is Cc1ncc(S(=O)(=O)N2CC(=O)NCC2C(=O)O)s1. The number of carboxylic acids is 1. The molecule has 1 aliphatic heterocycles. The predicted molar refractivity (Wildman–Crippen MR) is 65.2 cm³/mol. The molecule has 1 aromatic rings. The number of carboxylic acid groups (broad SMARTS) is 1. The number of piperazine rings is 1. The van der Waals surface area contributed by atoms with Crippen LogP contribution in [0.2, 0.25) is 0 Å². The minimum absolute atomic E-state index is 0.0639. The lowest BCUT2D eigenvalue weighted by atomic mass is 10.2. The smallest absolute Gasteiger partial charge is 0.323 e. The van der Waals surface area contributed by atoms with E-state index in [4.69, 9.17) is 5.11 Å². The van der Waals surface area contributed by atoms with Crippen LogP contribution in [0.25, 0.3) is 0 Å². The number of rotatable bonds is 3. The van der Waals surface area contributed by atoms with Gasteiger partial charge in [-0.25, -0.2) is 13.4 Å². The molecule has 1 aliphatic rings. The number of nitrogens with one attached hydrogen (secondary N) is 1. The topological polar surface area (TPSA) is 117 Å². The van der Waals surface area contributed by atoms with E-state index in [-0.39, 0.29) is 10.8 Å². The van der Waals surface area contributed by atoms with Crippen LogP contribution in [0.3, 0.4) is 0 Å². The van der Waals surface area contributed by atoms with Gasteiger partial charge in [-0.05, 0) is 6.92 Å². The molecule has 1 amide bonds. The Bertz CT molecular complexity index is 624. The minimum Gasteiger partial charge on any atom is -0.480 e. The first-order chi connectivity index (χ1) is 8.82. The van der Waals surface area contributed by atoms with Gasteiger partial charge in [0.25, 0.3) is 10.0 Å². The summed E-state index contributed by atoms with van der Waals surface area (Å²) in [5.74, 6) is -1.83. The van der Waals surface area contributed by atoms with Gasteiger partial charge in [0.05, 0.1) is 17.7 Å². The van der Waals surface area contributed by atoms with E-state index < -0.39 is 34.5 Å². The van der Waals surface area contributed by atoms with E-state index in [2.05, 4.69) is 10.3 Å². The maximum absolute atomic E-state index is 12.3. The molecule has 0 aromatic carbocycles. The van der Waals surface area contributed by atoms with E-state index >= 15 is 0 Å². The molecule has 1 aromatic heterocycles. The first kappa shape index (κ1) is 13.9. The van der Waals surface area contributed by atoms with Gasteiger partial charge in [-0.2, -0.15) is 4.31 Å². The molecule has 1 unspecified atom stereocenters. The van der Waals surface area contributed by atoms with Crippen molar-refractivity contribution >= 4 is 33.2 Å². The molecule has 0 bridgehead atoms. The maximum Gasteiger partial charge on any atom is 0.323 e. The van der Waals surface area contributed by atoms with Crippen molar-refractivity contribution in [3.63, 3.8) is 0 Å². The van der Waals surface area contributed by atoms with Gasteiger partial charge in [0.1, 0.15) is 6.04 Å². The van der Waals surface area contributed by atoms with Gasteiger partial charge in [0.15, 0.2) is 4.21 Å². The minimum atomic E-state index is -4.02. The Hall–Kier alpha value is -1.52. The molecule has 0 aliphatic carbocycles. The Labute approximate surface area is 113 Å². The molecule has 8 nitrogen and oxygen atoms in total. The number of aliphatic carboxylic acids is 1. The Morgan fingerprint density at radius 2 is 2.32 bits per heavy atom. The Morgan fingerprint density at radius 1 is 1.63 bits per heavy atom. The van der Waals surface area contributed by atoms with Crippen LogP contribution in [0.15, 0.2) is 10.4 Å². The van der Waals surface area contributed by atoms with E-state index in [0.29, 0.717) is 9.31 Å². The molecule has 0 spiro atoms. The number of nitrogens with zero attached hydrogens (tertiary/aromatic N) is 2. The molecule has 104 valence electrons. The molecule has 0 saturated carbocycles. The second-order valence-corrected chi connectivity index (χ2v) is 7.26. The van der Waals surface area contributed by atoms with Crippen molar-refractivity contribution < 1.29 is 23.1 Å². The van der Waals surface area contributed by atoms with Gasteiger partial charge >= 0.3 is 5.97 Å². The molecular weight excluding hydrogens is 294 g/mol. The van der Waals surface area contributed by atoms with Crippen LogP contribution in [-0.2, 0) is 19.6 Å².